The fourth-order valence-electron chi connectivity index (χ4n) is 3.92. The standard InChI is InChI=1S/C19H27N3O2/c1-13(21-18(23)15-9-5-6-10-15)19(24)22-11-16(17(20)12-22)14-7-3-2-4-8-14/h2-4,7-8,13,15-17H,5-6,9-12,20H2,1H3,(H,21,23)/t13?,16-,17+/m0/s1. The molecule has 0 bridgehead atoms. The third-order valence-electron chi connectivity index (χ3n) is 5.36. The van der Waals surface area contributed by atoms with E-state index in [2.05, 4.69) is 17.4 Å². The number of nitrogens with zero attached hydrogens (tertiary/aromatic N) is 1. The number of rotatable bonds is 4. The van der Waals surface area contributed by atoms with Gasteiger partial charge in [-0.25, -0.2) is 0 Å². The molecule has 0 radical (unpaired) electrons. The van der Waals surface area contributed by atoms with Crippen LogP contribution in [-0.2, 0) is 9.59 Å². The van der Waals surface area contributed by atoms with Gasteiger partial charge in [0.15, 0.2) is 0 Å². The topological polar surface area (TPSA) is 75.4 Å². The molecule has 1 saturated heterocycles. The first-order chi connectivity index (χ1) is 11.6. The second-order valence-corrected chi connectivity index (χ2v) is 7.14. The van der Waals surface area contributed by atoms with Crippen molar-refractivity contribution in [1.82, 2.24) is 10.2 Å². The molecule has 3 atom stereocenters. The number of nitrogens with two attached hydrogens (primary N) is 1. The van der Waals surface area contributed by atoms with Gasteiger partial charge in [-0.3, -0.25) is 9.59 Å². The Morgan fingerprint density at radius 3 is 2.50 bits per heavy atom. The summed E-state index contributed by atoms with van der Waals surface area (Å²) in [6.07, 6.45) is 4.11. The highest BCUT2D eigenvalue weighted by molar-refractivity contribution is 5.88. The van der Waals surface area contributed by atoms with Crippen LogP contribution in [0, 0.1) is 5.92 Å². The van der Waals surface area contributed by atoms with Crippen molar-refractivity contribution in [3.8, 4) is 0 Å². The third-order valence-corrected chi connectivity index (χ3v) is 5.36. The lowest BCUT2D eigenvalue weighted by molar-refractivity contribution is -0.136. The molecule has 2 fully saturated rings. The van der Waals surface area contributed by atoms with Gasteiger partial charge in [0, 0.05) is 31.0 Å². The molecule has 1 aromatic rings. The Morgan fingerprint density at radius 2 is 1.83 bits per heavy atom. The number of hydrogen-bond acceptors (Lipinski definition) is 3. The minimum atomic E-state index is -0.486. The molecule has 1 aliphatic heterocycles. The lowest BCUT2D eigenvalue weighted by Crippen LogP contribution is -2.48. The van der Waals surface area contributed by atoms with Crippen LogP contribution in [-0.4, -0.2) is 41.9 Å². The Labute approximate surface area is 143 Å². The predicted octanol–water partition coefficient (Wildman–Crippen LogP) is 1.63. The normalized spacial score (nSPS) is 25.7. The van der Waals surface area contributed by atoms with Gasteiger partial charge in [-0.15, -0.1) is 0 Å². The van der Waals surface area contributed by atoms with Crippen LogP contribution in [0.1, 0.15) is 44.1 Å². The Bertz CT molecular complexity index is 584. The summed E-state index contributed by atoms with van der Waals surface area (Å²) in [5.41, 5.74) is 7.43. The highest BCUT2D eigenvalue weighted by atomic mass is 16.2. The van der Waals surface area contributed by atoms with Crippen LogP contribution in [0.15, 0.2) is 30.3 Å². The molecule has 1 heterocycles. The van der Waals surface area contributed by atoms with Crippen LogP contribution >= 0.6 is 0 Å². The van der Waals surface area contributed by atoms with Gasteiger partial charge in [0.1, 0.15) is 6.04 Å². The summed E-state index contributed by atoms with van der Waals surface area (Å²) in [4.78, 5) is 26.7. The molecular formula is C19H27N3O2. The van der Waals surface area contributed by atoms with E-state index in [1.165, 1.54) is 5.56 Å². The second kappa shape index (κ2) is 7.34. The van der Waals surface area contributed by atoms with Crippen molar-refractivity contribution in [3.63, 3.8) is 0 Å². The zero-order valence-corrected chi connectivity index (χ0v) is 14.3. The van der Waals surface area contributed by atoms with Crippen LogP contribution in [0.3, 0.4) is 0 Å². The van der Waals surface area contributed by atoms with Gasteiger partial charge in [0.05, 0.1) is 0 Å². The summed E-state index contributed by atoms with van der Waals surface area (Å²) in [6.45, 7) is 2.94. The molecule has 0 aromatic heterocycles. The van der Waals surface area contributed by atoms with E-state index in [1.807, 2.05) is 18.2 Å². The molecule has 3 rings (SSSR count). The van der Waals surface area contributed by atoms with E-state index in [0.717, 1.165) is 25.7 Å². The molecule has 1 aromatic carbocycles. The zero-order chi connectivity index (χ0) is 17.1. The molecule has 1 unspecified atom stereocenters. The van der Waals surface area contributed by atoms with Gasteiger partial charge in [0.2, 0.25) is 11.8 Å². The SMILES string of the molecule is CC(NC(=O)C1CCCC1)C(=O)N1C[C@@H](N)[C@H](c2ccccc2)C1. The Kier molecular flexibility index (Phi) is 5.19. The largest absolute Gasteiger partial charge is 0.344 e. The summed E-state index contributed by atoms with van der Waals surface area (Å²) in [5.74, 6) is 0.234. The van der Waals surface area contributed by atoms with Gasteiger partial charge < -0.3 is 16.0 Å². The van der Waals surface area contributed by atoms with Crippen molar-refractivity contribution >= 4 is 11.8 Å². The Hall–Kier alpha value is -1.88. The predicted molar refractivity (Wildman–Crippen MR) is 93.3 cm³/mol. The minimum absolute atomic E-state index is 0.0245. The molecule has 2 amide bonds. The van der Waals surface area contributed by atoms with Crippen molar-refractivity contribution in [2.75, 3.05) is 13.1 Å². The third kappa shape index (κ3) is 3.61. The van der Waals surface area contributed by atoms with E-state index in [1.54, 1.807) is 11.8 Å². The summed E-state index contributed by atoms with van der Waals surface area (Å²) >= 11 is 0. The maximum Gasteiger partial charge on any atom is 0.244 e. The van der Waals surface area contributed by atoms with E-state index in [9.17, 15) is 9.59 Å². The molecule has 0 spiro atoms. The van der Waals surface area contributed by atoms with Crippen molar-refractivity contribution in [2.24, 2.45) is 11.7 Å². The van der Waals surface area contributed by atoms with Gasteiger partial charge in [-0.05, 0) is 25.3 Å². The lowest BCUT2D eigenvalue weighted by Gasteiger charge is -2.23. The smallest absolute Gasteiger partial charge is 0.244 e. The van der Waals surface area contributed by atoms with E-state index in [-0.39, 0.29) is 29.7 Å². The Morgan fingerprint density at radius 1 is 1.17 bits per heavy atom. The minimum Gasteiger partial charge on any atom is -0.344 e. The highest BCUT2D eigenvalue weighted by Crippen LogP contribution is 2.27. The number of likely N-dealkylation sites (tertiary alicyclic amines) is 1. The summed E-state index contributed by atoms with van der Waals surface area (Å²) in [7, 11) is 0. The van der Waals surface area contributed by atoms with Crippen LogP contribution in [0.2, 0.25) is 0 Å². The summed E-state index contributed by atoms with van der Waals surface area (Å²) in [6, 6.07) is 9.55. The van der Waals surface area contributed by atoms with E-state index in [0.29, 0.717) is 13.1 Å². The molecule has 130 valence electrons. The number of amides is 2. The zero-order valence-electron chi connectivity index (χ0n) is 14.3. The molecule has 3 N–H and O–H groups in total. The average molecular weight is 329 g/mol. The maximum atomic E-state index is 12.7. The first kappa shape index (κ1) is 17.0. The van der Waals surface area contributed by atoms with Gasteiger partial charge in [0.25, 0.3) is 0 Å². The van der Waals surface area contributed by atoms with E-state index in [4.69, 9.17) is 5.73 Å². The van der Waals surface area contributed by atoms with E-state index < -0.39 is 6.04 Å². The molecule has 24 heavy (non-hydrogen) atoms. The van der Waals surface area contributed by atoms with Crippen LogP contribution in [0.25, 0.3) is 0 Å². The van der Waals surface area contributed by atoms with Gasteiger partial charge in [-0.2, -0.15) is 0 Å². The quantitative estimate of drug-likeness (QED) is 0.882. The van der Waals surface area contributed by atoms with Crippen LogP contribution in [0.5, 0.6) is 0 Å². The molecule has 1 aliphatic carbocycles. The Balaban J connectivity index is 1.58. The number of carbonyl (C=O) groups is 2. The monoisotopic (exact) mass is 329 g/mol. The highest BCUT2D eigenvalue weighted by Gasteiger charge is 2.36. The maximum absolute atomic E-state index is 12.7. The average Bonchev–Trinajstić information content (AvgIpc) is 3.24. The fraction of sp³-hybridized carbons (Fsp3) is 0.579. The first-order valence-electron chi connectivity index (χ1n) is 8.96. The van der Waals surface area contributed by atoms with Crippen molar-refractivity contribution in [3.05, 3.63) is 35.9 Å². The molecule has 1 saturated carbocycles. The van der Waals surface area contributed by atoms with Crippen molar-refractivity contribution < 1.29 is 9.59 Å². The van der Waals surface area contributed by atoms with E-state index >= 15 is 0 Å². The number of carbonyl (C=O) groups excluding carboxylic acids is 2. The number of benzene rings is 1. The number of hydrogen-bond donors (Lipinski definition) is 2. The van der Waals surface area contributed by atoms with Crippen LogP contribution in [0.4, 0.5) is 0 Å². The van der Waals surface area contributed by atoms with Gasteiger partial charge >= 0.3 is 0 Å². The summed E-state index contributed by atoms with van der Waals surface area (Å²) < 4.78 is 0. The van der Waals surface area contributed by atoms with Gasteiger partial charge in [-0.1, -0.05) is 43.2 Å². The van der Waals surface area contributed by atoms with Crippen molar-refractivity contribution in [1.29, 1.82) is 0 Å². The molecule has 5 heteroatoms. The van der Waals surface area contributed by atoms with Crippen molar-refractivity contribution in [2.45, 2.75) is 50.6 Å². The number of nitrogens with one attached hydrogen (secondary N) is 1. The first-order valence-corrected chi connectivity index (χ1v) is 8.96. The molecule has 2 aliphatic rings. The van der Waals surface area contributed by atoms with Crippen LogP contribution < -0.4 is 11.1 Å². The molecular weight excluding hydrogens is 302 g/mol. The summed E-state index contributed by atoms with van der Waals surface area (Å²) in [5, 5.41) is 2.90. The second-order valence-electron chi connectivity index (χ2n) is 7.14. The lowest BCUT2D eigenvalue weighted by atomic mass is 9.95. The fourth-order valence-corrected chi connectivity index (χ4v) is 3.92. The molecule has 5 nitrogen and oxygen atoms in total.